The summed E-state index contributed by atoms with van der Waals surface area (Å²) in [5.74, 6) is 0.815. The molecule has 0 aliphatic heterocycles. The van der Waals surface area contributed by atoms with Gasteiger partial charge in [0.25, 0.3) is 0 Å². The molecule has 1 heterocycles. The molecule has 6 nitrogen and oxygen atoms in total. The van der Waals surface area contributed by atoms with Gasteiger partial charge in [0, 0.05) is 11.8 Å². The third-order valence-electron chi connectivity index (χ3n) is 2.46. The number of benzene rings is 1. The quantitative estimate of drug-likeness (QED) is 0.759. The van der Waals surface area contributed by atoms with Crippen molar-refractivity contribution in [1.82, 2.24) is 5.16 Å². The van der Waals surface area contributed by atoms with E-state index in [4.69, 9.17) is 9.63 Å². The molecule has 0 atom stereocenters. The molecule has 0 spiro atoms. The number of aryl methyl sites for hydroxylation is 1. The highest BCUT2D eigenvalue weighted by molar-refractivity contribution is 5.92. The Bertz CT molecular complexity index is 566. The second kappa shape index (κ2) is 6.01. The lowest BCUT2D eigenvalue weighted by atomic mass is 10.2. The number of nitrogens with one attached hydrogen (secondary N) is 2. The number of hydrogen-bond acceptors (Lipinski definition) is 5. The molecule has 0 bridgehead atoms. The van der Waals surface area contributed by atoms with Gasteiger partial charge < -0.3 is 20.3 Å². The van der Waals surface area contributed by atoms with Crippen LogP contribution in [0.25, 0.3) is 0 Å². The van der Waals surface area contributed by atoms with E-state index in [2.05, 4.69) is 15.8 Å². The number of nitrogens with zero attached hydrogens (tertiary/aromatic N) is 1. The van der Waals surface area contributed by atoms with E-state index in [-0.39, 0.29) is 19.1 Å². The Morgan fingerprint density at radius 2 is 2.26 bits per heavy atom. The number of anilines is 2. The zero-order valence-electron chi connectivity index (χ0n) is 10.5. The Morgan fingerprint density at radius 1 is 1.42 bits per heavy atom. The maximum absolute atomic E-state index is 11.6. The number of hydrogen-bond donors (Lipinski definition) is 3. The molecule has 2 aromatic rings. The Morgan fingerprint density at radius 3 is 2.95 bits per heavy atom. The molecule has 100 valence electrons. The van der Waals surface area contributed by atoms with Crippen LogP contribution >= 0.6 is 0 Å². The molecule has 0 saturated carbocycles. The third kappa shape index (κ3) is 3.82. The van der Waals surface area contributed by atoms with Gasteiger partial charge in [0.05, 0.1) is 13.2 Å². The zero-order valence-corrected chi connectivity index (χ0v) is 10.5. The first-order chi connectivity index (χ1) is 9.17. The fourth-order valence-corrected chi connectivity index (χ4v) is 1.57. The summed E-state index contributed by atoms with van der Waals surface area (Å²) in [6, 6.07) is 8.88. The Labute approximate surface area is 110 Å². The van der Waals surface area contributed by atoms with Crippen LogP contribution in [0.1, 0.15) is 11.3 Å². The van der Waals surface area contributed by atoms with Crippen LogP contribution in [0.2, 0.25) is 0 Å². The van der Waals surface area contributed by atoms with Gasteiger partial charge in [-0.25, -0.2) is 0 Å². The fourth-order valence-electron chi connectivity index (χ4n) is 1.57. The van der Waals surface area contributed by atoms with Gasteiger partial charge in [0.1, 0.15) is 5.76 Å². The van der Waals surface area contributed by atoms with Gasteiger partial charge in [-0.1, -0.05) is 17.3 Å². The van der Waals surface area contributed by atoms with Crippen molar-refractivity contribution in [3.8, 4) is 0 Å². The van der Waals surface area contributed by atoms with Crippen LogP contribution in [-0.2, 0) is 11.4 Å². The van der Waals surface area contributed by atoms with Crippen LogP contribution in [0, 0.1) is 6.92 Å². The molecule has 0 unspecified atom stereocenters. The Hall–Kier alpha value is -2.34. The standard InChI is InChI=1S/C13H15N3O3/c1-9-5-12(16-19-9)15-13(18)7-14-11-4-2-3-10(6-11)8-17/h2-6,14,17H,7-8H2,1H3,(H,15,16,18). The number of amides is 1. The first-order valence-electron chi connectivity index (χ1n) is 5.84. The third-order valence-corrected chi connectivity index (χ3v) is 2.46. The summed E-state index contributed by atoms with van der Waals surface area (Å²) in [5.41, 5.74) is 1.57. The predicted molar refractivity (Wildman–Crippen MR) is 70.7 cm³/mol. The summed E-state index contributed by atoms with van der Waals surface area (Å²) >= 11 is 0. The van der Waals surface area contributed by atoms with Crippen molar-refractivity contribution in [1.29, 1.82) is 0 Å². The number of rotatable bonds is 5. The Kier molecular flexibility index (Phi) is 4.15. The lowest BCUT2D eigenvalue weighted by Crippen LogP contribution is -2.21. The van der Waals surface area contributed by atoms with E-state index < -0.39 is 0 Å². The van der Waals surface area contributed by atoms with E-state index in [0.717, 1.165) is 11.3 Å². The Balaban J connectivity index is 1.86. The number of aromatic nitrogens is 1. The second-order valence-electron chi connectivity index (χ2n) is 4.08. The molecular formula is C13H15N3O3. The summed E-state index contributed by atoms with van der Waals surface area (Å²) in [4.78, 5) is 11.6. The number of carbonyl (C=O) groups is 1. The van der Waals surface area contributed by atoms with Gasteiger partial charge in [-0.3, -0.25) is 4.79 Å². The molecule has 3 N–H and O–H groups in total. The average molecular weight is 261 g/mol. The molecule has 0 aliphatic rings. The summed E-state index contributed by atoms with van der Waals surface area (Å²) < 4.78 is 4.85. The minimum Gasteiger partial charge on any atom is -0.392 e. The molecular weight excluding hydrogens is 246 g/mol. The fraction of sp³-hybridized carbons (Fsp3) is 0.231. The molecule has 19 heavy (non-hydrogen) atoms. The van der Waals surface area contributed by atoms with E-state index in [1.807, 2.05) is 18.2 Å². The van der Waals surface area contributed by atoms with E-state index >= 15 is 0 Å². The molecule has 1 amide bonds. The predicted octanol–water partition coefficient (Wildman–Crippen LogP) is 1.53. The number of carbonyl (C=O) groups excluding carboxylic acids is 1. The molecule has 0 radical (unpaired) electrons. The number of aliphatic hydroxyl groups is 1. The monoisotopic (exact) mass is 261 g/mol. The summed E-state index contributed by atoms with van der Waals surface area (Å²) in [7, 11) is 0. The average Bonchev–Trinajstić information content (AvgIpc) is 2.82. The maximum atomic E-state index is 11.6. The molecule has 1 aromatic carbocycles. The van der Waals surface area contributed by atoms with Crippen molar-refractivity contribution in [3.05, 3.63) is 41.7 Å². The van der Waals surface area contributed by atoms with Gasteiger partial charge in [0.2, 0.25) is 5.91 Å². The summed E-state index contributed by atoms with van der Waals surface area (Å²) in [6.45, 7) is 1.84. The van der Waals surface area contributed by atoms with Crippen LogP contribution < -0.4 is 10.6 Å². The van der Waals surface area contributed by atoms with Crippen molar-refractivity contribution in [2.45, 2.75) is 13.5 Å². The van der Waals surface area contributed by atoms with E-state index in [0.29, 0.717) is 11.6 Å². The first-order valence-corrected chi connectivity index (χ1v) is 5.84. The highest BCUT2D eigenvalue weighted by Crippen LogP contribution is 2.10. The molecule has 0 aliphatic carbocycles. The minimum absolute atomic E-state index is 0.0278. The topological polar surface area (TPSA) is 87.4 Å². The summed E-state index contributed by atoms with van der Waals surface area (Å²) in [6.07, 6.45) is 0. The molecule has 1 aromatic heterocycles. The molecule has 0 saturated heterocycles. The second-order valence-corrected chi connectivity index (χ2v) is 4.08. The van der Waals surface area contributed by atoms with Crippen LogP contribution in [0.15, 0.2) is 34.9 Å². The summed E-state index contributed by atoms with van der Waals surface area (Å²) in [5, 5.41) is 18.3. The zero-order chi connectivity index (χ0) is 13.7. The molecule has 2 rings (SSSR count). The van der Waals surface area contributed by atoms with Crippen LogP contribution in [-0.4, -0.2) is 22.7 Å². The van der Waals surface area contributed by atoms with Crippen LogP contribution in [0.4, 0.5) is 11.5 Å². The van der Waals surface area contributed by atoms with Gasteiger partial charge in [0.15, 0.2) is 5.82 Å². The normalized spacial score (nSPS) is 10.2. The van der Waals surface area contributed by atoms with E-state index in [9.17, 15) is 4.79 Å². The largest absolute Gasteiger partial charge is 0.392 e. The van der Waals surface area contributed by atoms with Gasteiger partial charge in [-0.2, -0.15) is 0 Å². The van der Waals surface area contributed by atoms with Gasteiger partial charge in [-0.05, 0) is 24.6 Å². The lowest BCUT2D eigenvalue weighted by Gasteiger charge is -2.07. The van der Waals surface area contributed by atoms with Crippen LogP contribution in [0.3, 0.4) is 0 Å². The molecule has 0 fully saturated rings. The maximum Gasteiger partial charge on any atom is 0.244 e. The van der Waals surface area contributed by atoms with Crippen molar-refractivity contribution in [2.75, 3.05) is 17.2 Å². The smallest absolute Gasteiger partial charge is 0.244 e. The van der Waals surface area contributed by atoms with E-state index in [1.54, 1.807) is 19.1 Å². The van der Waals surface area contributed by atoms with Crippen LogP contribution in [0.5, 0.6) is 0 Å². The number of aliphatic hydroxyl groups excluding tert-OH is 1. The highest BCUT2D eigenvalue weighted by Gasteiger charge is 2.05. The van der Waals surface area contributed by atoms with Crippen molar-refractivity contribution in [3.63, 3.8) is 0 Å². The first kappa shape index (κ1) is 13.1. The molecule has 6 heteroatoms. The highest BCUT2D eigenvalue weighted by atomic mass is 16.5. The van der Waals surface area contributed by atoms with E-state index in [1.165, 1.54) is 0 Å². The van der Waals surface area contributed by atoms with Crippen molar-refractivity contribution < 1.29 is 14.4 Å². The van der Waals surface area contributed by atoms with Crippen molar-refractivity contribution >= 4 is 17.4 Å². The lowest BCUT2D eigenvalue weighted by molar-refractivity contribution is -0.114. The minimum atomic E-state index is -0.220. The van der Waals surface area contributed by atoms with Crippen molar-refractivity contribution in [2.24, 2.45) is 0 Å². The SMILES string of the molecule is Cc1cc(NC(=O)CNc2cccc(CO)c2)no1. The van der Waals surface area contributed by atoms with Gasteiger partial charge >= 0.3 is 0 Å². The van der Waals surface area contributed by atoms with Gasteiger partial charge in [-0.15, -0.1) is 0 Å².